The number of hydrogen-bond acceptors (Lipinski definition) is 5. The normalized spacial score (nSPS) is 12.2. The van der Waals surface area contributed by atoms with E-state index in [1.807, 2.05) is 35.1 Å². The van der Waals surface area contributed by atoms with Gasteiger partial charge in [-0.1, -0.05) is 17.4 Å². The molecule has 3 aromatic rings. The minimum atomic E-state index is -0.348. The highest BCUT2D eigenvalue weighted by Crippen LogP contribution is 2.20. The summed E-state index contributed by atoms with van der Waals surface area (Å²) >= 11 is 2.95. The number of ether oxygens (including phenoxy) is 1. The molecule has 0 fully saturated rings. The third kappa shape index (κ3) is 4.00. The Morgan fingerprint density at radius 3 is 2.81 bits per heavy atom. The molecular weight excluding hydrogens is 368 g/mol. The minimum absolute atomic E-state index is 0.308. The van der Waals surface area contributed by atoms with Crippen LogP contribution in [0.3, 0.4) is 0 Å². The van der Waals surface area contributed by atoms with Gasteiger partial charge in [0, 0.05) is 17.5 Å². The van der Waals surface area contributed by atoms with E-state index < -0.39 is 0 Å². The van der Waals surface area contributed by atoms with Crippen molar-refractivity contribution in [1.29, 1.82) is 0 Å². The van der Waals surface area contributed by atoms with E-state index in [9.17, 15) is 9.59 Å². The summed E-state index contributed by atoms with van der Waals surface area (Å²) in [6.07, 6.45) is 3.24. The zero-order valence-corrected chi connectivity index (χ0v) is 16.1. The highest BCUT2D eigenvalue weighted by molar-refractivity contribution is 7.16. The number of benzene rings is 1. The standard InChI is InChI=1S/C19H18N2O3S2/c1-3-21-15-9-7-13(18(23)24-4-2)12-16(15)26-19(21)20-17(22)10-8-14-6-5-11-25-14/h5-12H,3-4H2,1-2H3. The molecule has 2 aromatic heterocycles. The van der Waals surface area contributed by atoms with Gasteiger partial charge in [-0.15, -0.1) is 11.3 Å². The SMILES string of the molecule is CCOC(=O)c1ccc2c(c1)sc(=NC(=O)C=Cc1cccs1)n2CC. The molecule has 0 aliphatic heterocycles. The van der Waals surface area contributed by atoms with Crippen molar-refractivity contribution in [2.75, 3.05) is 6.61 Å². The first kappa shape index (κ1) is 18.3. The number of carbonyl (C=O) groups excluding carboxylic acids is 2. The van der Waals surface area contributed by atoms with E-state index in [2.05, 4.69) is 4.99 Å². The average molecular weight is 386 g/mol. The average Bonchev–Trinajstić information content (AvgIpc) is 3.26. The molecule has 26 heavy (non-hydrogen) atoms. The Hall–Kier alpha value is -2.51. The number of thiophene rings is 1. The van der Waals surface area contributed by atoms with Crippen LogP contribution in [0, 0.1) is 0 Å². The molecule has 5 nitrogen and oxygen atoms in total. The molecule has 0 spiro atoms. The van der Waals surface area contributed by atoms with E-state index >= 15 is 0 Å². The van der Waals surface area contributed by atoms with Crippen molar-refractivity contribution < 1.29 is 14.3 Å². The van der Waals surface area contributed by atoms with Crippen LogP contribution in [-0.4, -0.2) is 23.1 Å². The Morgan fingerprint density at radius 1 is 1.27 bits per heavy atom. The van der Waals surface area contributed by atoms with E-state index in [0.717, 1.165) is 15.1 Å². The van der Waals surface area contributed by atoms with Crippen molar-refractivity contribution in [3.05, 3.63) is 57.0 Å². The molecule has 0 saturated heterocycles. The molecule has 0 bridgehead atoms. The van der Waals surface area contributed by atoms with Crippen LogP contribution in [0.5, 0.6) is 0 Å². The maximum atomic E-state index is 12.2. The quantitative estimate of drug-likeness (QED) is 0.490. The van der Waals surface area contributed by atoms with E-state index in [1.165, 1.54) is 17.4 Å². The van der Waals surface area contributed by atoms with E-state index in [0.29, 0.717) is 23.5 Å². The molecule has 0 saturated carbocycles. The molecular formula is C19H18N2O3S2. The molecule has 0 radical (unpaired) electrons. The number of hydrogen-bond donors (Lipinski definition) is 0. The summed E-state index contributed by atoms with van der Waals surface area (Å²) in [6, 6.07) is 9.27. The number of rotatable bonds is 5. The van der Waals surface area contributed by atoms with E-state index in [4.69, 9.17) is 4.74 Å². The largest absolute Gasteiger partial charge is 0.462 e. The number of esters is 1. The predicted octanol–water partition coefficient (Wildman–Crippen LogP) is 4.10. The number of carbonyl (C=O) groups is 2. The molecule has 1 amide bonds. The lowest BCUT2D eigenvalue weighted by molar-refractivity contribution is -0.113. The molecule has 2 heterocycles. The minimum Gasteiger partial charge on any atom is -0.462 e. The Morgan fingerprint density at radius 2 is 2.12 bits per heavy atom. The van der Waals surface area contributed by atoms with Gasteiger partial charge < -0.3 is 9.30 Å². The fourth-order valence-corrected chi connectivity index (χ4v) is 4.23. The summed E-state index contributed by atoms with van der Waals surface area (Å²) in [5, 5.41) is 1.96. The van der Waals surface area contributed by atoms with Gasteiger partial charge in [0.05, 0.1) is 22.4 Å². The third-order valence-corrected chi connectivity index (χ3v) is 5.53. The van der Waals surface area contributed by atoms with Crippen molar-refractivity contribution in [3.63, 3.8) is 0 Å². The second-order valence-electron chi connectivity index (χ2n) is 5.33. The molecule has 134 valence electrons. The summed E-state index contributed by atoms with van der Waals surface area (Å²) < 4.78 is 7.90. The van der Waals surface area contributed by atoms with Gasteiger partial charge in [0.2, 0.25) is 0 Å². The van der Waals surface area contributed by atoms with Crippen LogP contribution in [0.15, 0.2) is 46.8 Å². The van der Waals surface area contributed by atoms with Crippen LogP contribution >= 0.6 is 22.7 Å². The zero-order chi connectivity index (χ0) is 18.5. The maximum absolute atomic E-state index is 12.2. The zero-order valence-electron chi connectivity index (χ0n) is 14.5. The van der Waals surface area contributed by atoms with Crippen molar-refractivity contribution in [3.8, 4) is 0 Å². The van der Waals surface area contributed by atoms with Crippen molar-refractivity contribution in [2.24, 2.45) is 4.99 Å². The lowest BCUT2D eigenvalue weighted by Gasteiger charge is -2.03. The first-order chi connectivity index (χ1) is 12.6. The molecule has 3 rings (SSSR count). The van der Waals surface area contributed by atoms with Gasteiger partial charge in [-0.25, -0.2) is 4.79 Å². The number of aromatic nitrogens is 1. The van der Waals surface area contributed by atoms with Gasteiger partial charge in [-0.05, 0) is 49.6 Å². The first-order valence-corrected chi connectivity index (χ1v) is 9.92. The highest BCUT2D eigenvalue weighted by Gasteiger charge is 2.11. The van der Waals surface area contributed by atoms with Gasteiger partial charge in [-0.3, -0.25) is 4.79 Å². The van der Waals surface area contributed by atoms with E-state index in [1.54, 1.807) is 36.5 Å². The van der Waals surface area contributed by atoms with Crippen molar-refractivity contribution in [2.45, 2.75) is 20.4 Å². The summed E-state index contributed by atoms with van der Waals surface area (Å²) in [4.78, 5) is 29.9. The molecule has 0 unspecified atom stereocenters. The van der Waals surface area contributed by atoms with Crippen LogP contribution in [-0.2, 0) is 16.1 Å². The van der Waals surface area contributed by atoms with Crippen LogP contribution in [0.25, 0.3) is 16.3 Å². The summed E-state index contributed by atoms with van der Waals surface area (Å²) in [5.74, 6) is -0.655. The summed E-state index contributed by atoms with van der Waals surface area (Å²) in [7, 11) is 0. The molecule has 0 aliphatic rings. The summed E-state index contributed by atoms with van der Waals surface area (Å²) in [6.45, 7) is 4.79. The predicted molar refractivity (Wildman–Crippen MR) is 105 cm³/mol. The number of aryl methyl sites for hydroxylation is 1. The van der Waals surface area contributed by atoms with Crippen LogP contribution < -0.4 is 4.80 Å². The Kier molecular flexibility index (Phi) is 5.80. The van der Waals surface area contributed by atoms with Crippen LogP contribution in [0.4, 0.5) is 0 Å². The molecule has 0 N–H and O–H groups in total. The smallest absolute Gasteiger partial charge is 0.338 e. The van der Waals surface area contributed by atoms with Crippen LogP contribution in [0.2, 0.25) is 0 Å². The van der Waals surface area contributed by atoms with Crippen LogP contribution in [0.1, 0.15) is 29.1 Å². The van der Waals surface area contributed by atoms with Gasteiger partial charge >= 0.3 is 5.97 Å². The Bertz CT molecular complexity index is 1030. The second kappa shape index (κ2) is 8.25. The first-order valence-electron chi connectivity index (χ1n) is 8.23. The molecule has 1 aromatic carbocycles. The Labute approximate surface area is 158 Å². The van der Waals surface area contributed by atoms with E-state index in [-0.39, 0.29) is 11.9 Å². The van der Waals surface area contributed by atoms with Gasteiger partial charge in [0.1, 0.15) is 0 Å². The lowest BCUT2D eigenvalue weighted by atomic mass is 10.2. The number of fused-ring (bicyclic) bond motifs is 1. The number of amides is 1. The fourth-order valence-electron chi connectivity index (χ4n) is 2.48. The second-order valence-corrected chi connectivity index (χ2v) is 7.32. The molecule has 0 aliphatic carbocycles. The van der Waals surface area contributed by atoms with Crippen molar-refractivity contribution >= 4 is 50.8 Å². The van der Waals surface area contributed by atoms with Gasteiger partial charge in [0.25, 0.3) is 5.91 Å². The summed E-state index contributed by atoms with van der Waals surface area (Å²) in [5.41, 5.74) is 1.44. The number of nitrogens with zero attached hydrogens (tertiary/aromatic N) is 2. The third-order valence-electron chi connectivity index (χ3n) is 3.65. The van der Waals surface area contributed by atoms with Gasteiger partial charge in [0.15, 0.2) is 4.80 Å². The van der Waals surface area contributed by atoms with Crippen molar-refractivity contribution in [1.82, 2.24) is 4.57 Å². The fraction of sp³-hybridized carbons (Fsp3) is 0.211. The number of thiazole rings is 1. The van der Waals surface area contributed by atoms with Gasteiger partial charge in [-0.2, -0.15) is 4.99 Å². The lowest BCUT2D eigenvalue weighted by Crippen LogP contribution is -2.15. The Balaban J connectivity index is 1.97. The molecule has 0 atom stereocenters. The molecule has 7 heteroatoms. The highest BCUT2D eigenvalue weighted by atomic mass is 32.1. The maximum Gasteiger partial charge on any atom is 0.338 e. The topological polar surface area (TPSA) is 60.7 Å². The monoisotopic (exact) mass is 386 g/mol.